The van der Waals surface area contributed by atoms with E-state index in [2.05, 4.69) is 10.6 Å². The molecule has 0 radical (unpaired) electrons. The van der Waals surface area contributed by atoms with E-state index < -0.39 is 18.0 Å². The van der Waals surface area contributed by atoms with E-state index in [1.54, 1.807) is 0 Å². The first-order valence-electron chi connectivity index (χ1n) is 7.29. The Morgan fingerprint density at radius 1 is 1.20 bits per heavy atom. The summed E-state index contributed by atoms with van der Waals surface area (Å²) in [7, 11) is 0. The highest BCUT2D eigenvalue weighted by Gasteiger charge is 2.22. The second-order valence-corrected chi connectivity index (χ2v) is 5.16. The summed E-state index contributed by atoms with van der Waals surface area (Å²) in [5, 5.41) is 14.3. The van der Waals surface area contributed by atoms with Crippen LogP contribution < -0.4 is 10.6 Å². The van der Waals surface area contributed by atoms with Gasteiger partial charge >= 0.3 is 12.0 Å². The second kappa shape index (κ2) is 10.5. The van der Waals surface area contributed by atoms with Crippen LogP contribution in [-0.4, -0.2) is 42.4 Å². The van der Waals surface area contributed by atoms with E-state index in [0.29, 0.717) is 19.6 Å². The van der Waals surface area contributed by atoms with Crippen molar-refractivity contribution in [3.8, 4) is 0 Å². The third kappa shape index (κ3) is 7.99. The van der Waals surface area contributed by atoms with Crippen LogP contribution in [0, 0.1) is 5.92 Å². The number of carbonyl (C=O) groups is 2. The number of carbonyl (C=O) groups excluding carboxylic acids is 1. The van der Waals surface area contributed by atoms with Gasteiger partial charge in [-0.1, -0.05) is 33.6 Å². The predicted octanol–water partition coefficient (Wildman–Crippen LogP) is 1.99. The number of ether oxygens (including phenoxy) is 1. The first-order valence-corrected chi connectivity index (χ1v) is 7.29. The molecule has 0 aromatic carbocycles. The number of hydrogen-bond acceptors (Lipinski definition) is 3. The van der Waals surface area contributed by atoms with Gasteiger partial charge in [-0.3, -0.25) is 0 Å². The van der Waals surface area contributed by atoms with Gasteiger partial charge in [0, 0.05) is 6.61 Å². The van der Waals surface area contributed by atoms with Gasteiger partial charge in [0.2, 0.25) is 0 Å². The molecule has 0 spiro atoms. The lowest BCUT2D eigenvalue weighted by Crippen LogP contribution is -2.51. The molecule has 0 aliphatic rings. The van der Waals surface area contributed by atoms with Gasteiger partial charge in [0.1, 0.15) is 6.04 Å². The average molecular weight is 288 g/mol. The van der Waals surface area contributed by atoms with Crippen molar-refractivity contribution in [3.05, 3.63) is 0 Å². The van der Waals surface area contributed by atoms with Crippen LogP contribution in [0.25, 0.3) is 0 Å². The summed E-state index contributed by atoms with van der Waals surface area (Å²) < 4.78 is 5.32. The molecule has 0 aliphatic carbocycles. The number of carboxylic acid groups (broad SMARTS) is 1. The van der Waals surface area contributed by atoms with Crippen molar-refractivity contribution in [2.24, 2.45) is 5.92 Å². The van der Waals surface area contributed by atoms with Gasteiger partial charge < -0.3 is 20.5 Å². The fraction of sp³-hybridized carbons (Fsp3) is 0.857. The fourth-order valence-corrected chi connectivity index (χ4v) is 1.68. The van der Waals surface area contributed by atoms with Crippen molar-refractivity contribution in [1.29, 1.82) is 0 Å². The summed E-state index contributed by atoms with van der Waals surface area (Å²) in [5.74, 6) is -0.786. The van der Waals surface area contributed by atoms with E-state index in [1.165, 1.54) is 0 Å². The van der Waals surface area contributed by atoms with Crippen molar-refractivity contribution >= 4 is 12.0 Å². The van der Waals surface area contributed by atoms with Crippen molar-refractivity contribution in [3.63, 3.8) is 0 Å². The van der Waals surface area contributed by atoms with Crippen LogP contribution in [0.15, 0.2) is 0 Å². The summed E-state index contributed by atoms with van der Waals surface area (Å²) in [5.41, 5.74) is 0. The van der Waals surface area contributed by atoms with E-state index in [4.69, 9.17) is 9.84 Å². The zero-order valence-electron chi connectivity index (χ0n) is 12.9. The number of aliphatic carboxylic acids is 1. The molecule has 0 saturated heterocycles. The van der Waals surface area contributed by atoms with Crippen LogP contribution in [0.5, 0.6) is 0 Å². The van der Waals surface area contributed by atoms with Crippen molar-refractivity contribution in [1.82, 2.24) is 10.6 Å². The Labute approximate surface area is 121 Å². The molecule has 6 heteroatoms. The molecule has 3 N–H and O–H groups in total. The highest BCUT2D eigenvalue weighted by Crippen LogP contribution is 2.04. The topological polar surface area (TPSA) is 87.7 Å². The number of rotatable bonds is 10. The van der Waals surface area contributed by atoms with Gasteiger partial charge in [-0.2, -0.15) is 0 Å². The van der Waals surface area contributed by atoms with Crippen LogP contribution in [0.4, 0.5) is 4.79 Å². The third-order valence-electron chi connectivity index (χ3n) is 3.07. The number of hydrogen-bond donors (Lipinski definition) is 3. The molecule has 0 rings (SSSR count). The molecule has 0 fully saturated rings. The van der Waals surface area contributed by atoms with Crippen molar-refractivity contribution < 1.29 is 19.4 Å². The first kappa shape index (κ1) is 18.7. The number of amides is 2. The predicted molar refractivity (Wildman–Crippen MR) is 77.7 cm³/mol. The number of carboxylic acids is 1. The lowest BCUT2D eigenvalue weighted by molar-refractivity contribution is -0.139. The molecule has 0 heterocycles. The van der Waals surface area contributed by atoms with Gasteiger partial charge in [0.05, 0.1) is 12.6 Å². The van der Waals surface area contributed by atoms with Gasteiger partial charge in [-0.25, -0.2) is 9.59 Å². The van der Waals surface area contributed by atoms with Gasteiger partial charge in [-0.15, -0.1) is 0 Å². The number of unbranched alkanes of at least 4 members (excludes halogenated alkanes) is 1. The lowest BCUT2D eigenvalue weighted by Gasteiger charge is -2.23. The Kier molecular flexibility index (Phi) is 9.80. The lowest BCUT2D eigenvalue weighted by atomic mass is 10.1. The molecule has 0 aliphatic heterocycles. The van der Waals surface area contributed by atoms with E-state index in [-0.39, 0.29) is 12.0 Å². The molecule has 0 aromatic heterocycles. The van der Waals surface area contributed by atoms with E-state index in [0.717, 1.165) is 12.8 Å². The highest BCUT2D eigenvalue weighted by atomic mass is 16.5. The van der Waals surface area contributed by atoms with Crippen molar-refractivity contribution in [2.75, 3.05) is 13.2 Å². The summed E-state index contributed by atoms with van der Waals surface area (Å²) in [4.78, 5) is 22.9. The smallest absolute Gasteiger partial charge is 0.326 e. The van der Waals surface area contributed by atoms with Crippen LogP contribution in [0.1, 0.15) is 47.0 Å². The van der Waals surface area contributed by atoms with E-state index in [1.807, 2.05) is 27.7 Å². The largest absolute Gasteiger partial charge is 0.480 e. The Bertz CT molecular complexity index is 295. The normalized spacial score (nSPS) is 13.8. The molecular weight excluding hydrogens is 260 g/mol. The summed E-state index contributed by atoms with van der Waals surface area (Å²) in [6.45, 7) is 8.85. The Balaban J connectivity index is 4.36. The minimum atomic E-state index is -1.00. The second-order valence-electron chi connectivity index (χ2n) is 5.16. The Hall–Kier alpha value is -1.30. The van der Waals surface area contributed by atoms with Gasteiger partial charge in [0.25, 0.3) is 0 Å². The monoisotopic (exact) mass is 288 g/mol. The fourth-order valence-electron chi connectivity index (χ4n) is 1.68. The van der Waals surface area contributed by atoms with E-state index >= 15 is 0 Å². The van der Waals surface area contributed by atoms with Crippen molar-refractivity contribution in [2.45, 2.75) is 59.0 Å². The van der Waals surface area contributed by atoms with E-state index in [9.17, 15) is 9.59 Å². The third-order valence-corrected chi connectivity index (χ3v) is 3.07. The quantitative estimate of drug-likeness (QED) is 0.573. The van der Waals surface area contributed by atoms with Crippen LogP contribution in [0.2, 0.25) is 0 Å². The SMILES string of the molecule is CCCCC(NC(=O)NC(COCC)C(C)C)C(=O)O. The summed E-state index contributed by atoms with van der Waals surface area (Å²) in [6, 6.07) is -1.42. The molecule has 0 aromatic rings. The highest BCUT2D eigenvalue weighted by molar-refractivity contribution is 5.82. The molecule has 2 amide bonds. The molecule has 2 atom stereocenters. The maximum Gasteiger partial charge on any atom is 0.326 e. The average Bonchev–Trinajstić information content (AvgIpc) is 2.38. The number of nitrogens with one attached hydrogen (secondary N) is 2. The molecule has 0 bridgehead atoms. The van der Waals surface area contributed by atoms with Gasteiger partial charge in [0.15, 0.2) is 0 Å². The number of urea groups is 1. The minimum Gasteiger partial charge on any atom is -0.480 e. The summed E-state index contributed by atoms with van der Waals surface area (Å²) in [6.07, 6.45) is 2.10. The van der Waals surface area contributed by atoms with Crippen LogP contribution in [0.3, 0.4) is 0 Å². The maximum atomic E-state index is 11.9. The Morgan fingerprint density at radius 2 is 1.85 bits per heavy atom. The molecular formula is C14H28N2O4. The molecule has 2 unspecified atom stereocenters. The minimum absolute atomic E-state index is 0.129. The molecule has 118 valence electrons. The standard InChI is InChI=1S/C14H28N2O4/c1-5-7-8-11(13(17)18)15-14(19)16-12(10(3)4)9-20-6-2/h10-12H,5-9H2,1-4H3,(H,17,18)(H2,15,16,19). The van der Waals surface area contributed by atoms with Gasteiger partial charge in [-0.05, 0) is 19.3 Å². The maximum absolute atomic E-state index is 11.9. The molecule has 0 saturated carbocycles. The Morgan fingerprint density at radius 3 is 2.30 bits per heavy atom. The molecule has 6 nitrogen and oxygen atoms in total. The van der Waals surface area contributed by atoms with Crippen LogP contribution in [-0.2, 0) is 9.53 Å². The summed E-state index contributed by atoms with van der Waals surface area (Å²) >= 11 is 0. The molecule has 20 heavy (non-hydrogen) atoms. The first-order chi connectivity index (χ1) is 9.42. The zero-order chi connectivity index (χ0) is 15.5. The van der Waals surface area contributed by atoms with Crippen LogP contribution >= 0.6 is 0 Å². The zero-order valence-corrected chi connectivity index (χ0v) is 12.9.